The van der Waals surface area contributed by atoms with Gasteiger partial charge in [-0.3, -0.25) is 4.90 Å². The van der Waals surface area contributed by atoms with Crippen molar-refractivity contribution in [2.75, 3.05) is 18.6 Å². The number of anilines is 1. The summed E-state index contributed by atoms with van der Waals surface area (Å²) in [7, 11) is 0.329. The molecule has 0 fully saturated rings. The van der Waals surface area contributed by atoms with Crippen molar-refractivity contribution >= 4 is 46.8 Å². The third-order valence-corrected chi connectivity index (χ3v) is 5.71. The Morgan fingerprint density at radius 1 is 1.48 bits per heavy atom. The number of carbonyl (C=O) groups is 1. The molecule has 2 heterocycles. The van der Waals surface area contributed by atoms with Gasteiger partial charge >= 0.3 is 6.09 Å². The van der Waals surface area contributed by atoms with Crippen molar-refractivity contribution in [3.8, 4) is 0 Å². The molecule has 0 radical (unpaired) electrons. The normalized spacial score (nSPS) is 11.9. The summed E-state index contributed by atoms with van der Waals surface area (Å²) >= 11 is 3.40. The Bertz CT molecular complexity index is 714. The average Bonchev–Trinajstić information content (AvgIpc) is 2.78. The van der Waals surface area contributed by atoms with Gasteiger partial charge in [0, 0.05) is 34.0 Å². The second-order valence-corrected chi connectivity index (χ2v) is 12.9. The summed E-state index contributed by atoms with van der Waals surface area (Å²) in [5.74, 6) is 0.348. The van der Waals surface area contributed by atoms with Gasteiger partial charge in [0.2, 0.25) is 0 Å². The zero-order chi connectivity index (χ0) is 17.2. The van der Waals surface area contributed by atoms with Crippen LogP contribution < -0.4 is 4.90 Å². The maximum Gasteiger partial charge on any atom is 0.412 e. The van der Waals surface area contributed by atoms with Crippen LogP contribution in [0.2, 0.25) is 25.7 Å². The highest BCUT2D eigenvalue weighted by atomic mass is 79.9. The first-order valence-corrected chi connectivity index (χ1v) is 11.8. The van der Waals surface area contributed by atoms with Crippen LogP contribution in [0.4, 0.5) is 10.6 Å². The number of ether oxygens (including phenoxy) is 1. The van der Waals surface area contributed by atoms with E-state index in [1.807, 2.05) is 0 Å². The average molecular weight is 401 g/mol. The minimum absolute atomic E-state index is 0.326. The Morgan fingerprint density at radius 3 is 2.78 bits per heavy atom. The van der Waals surface area contributed by atoms with Gasteiger partial charge in [0.15, 0.2) is 0 Å². The van der Waals surface area contributed by atoms with Gasteiger partial charge in [0.1, 0.15) is 17.2 Å². The Morgan fingerprint density at radius 2 is 2.17 bits per heavy atom. The maximum atomic E-state index is 11.1. The summed E-state index contributed by atoms with van der Waals surface area (Å²) in [6, 6.07) is 2.78. The number of hydrogen-bond acceptors (Lipinski definition) is 4. The molecule has 7 nitrogen and oxygen atoms in total. The van der Waals surface area contributed by atoms with Crippen LogP contribution >= 0.6 is 15.9 Å². The van der Waals surface area contributed by atoms with E-state index in [2.05, 4.69) is 45.7 Å². The van der Waals surface area contributed by atoms with E-state index in [4.69, 9.17) is 9.84 Å². The minimum Gasteiger partial charge on any atom is -0.465 e. The molecule has 0 aromatic carbocycles. The molecule has 0 aliphatic rings. The fraction of sp³-hybridized carbons (Fsp3) is 0.500. The van der Waals surface area contributed by atoms with Crippen LogP contribution in [0.3, 0.4) is 0 Å². The van der Waals surface area contributed by atoms with E-state index in [0.717, 1.165) is 21.8 Å². The Balaban J connectivity index is 2.19. The molecule has 0 saturated carbocycles. The lowest BCUT2D eigenvalue weighted by Gasteiger charge is -2.15. The van der Waals surface area contributed by atoms with Crippen LogP contribution in [0.5, 0.6) is 0 Å². The molecule has 2 aromatic heterocycles. The minimum atomic E-state index is -1.13. The highest BCUT2D eigenvalue weighted by molar-refractivity contribution is 9.10. The van der Waals surface area contributed by atoms with Crippen LogP contribution in [0.25, 0.3) is 10.9 Å². The second kappa shape index (κ2) is 6.98. The van der Waals surface area contributed by atoms with Gasteiger partial charge in [-0.2, -0.15) is 5.10 Å². The Labute approximate surface area is 144 Å². The third kappa shape index (κ3) is 4.52. The summed E-state index contributed by atoms with van der Waals surface area (Å²) in [4.78, 5) is 16.3. The first-order chi connectivity index (χ1) is 10.7. The standard InChI is InChI=1S/C14H21BrN4O3Si/c1-18(14(20)21)12-7-11-10(8-16-12)13(15)17-19(11)9-22-5-6-23(2,3)4/h7-8H,5-6,9H2,1-4H3,(H,20,21). The number of pyridine rings is 1. The molecule has 2 aromatic rings. The third-order valence-electron chi connectivity index (χ3n) is 3.42. The number of hydrogen-bond donors (Lipinski definition) is 1. The molecule has 0 atom stereocenters. The number of nitrogens with zero attached hydrogens (tertiary/aromatic N) is 4. The topological polar surface area (TPSA) is 80.5 Å². The number of carboxylic acid groups (broad SMARTS) is 1. The highest BCUT2D eigenvalue weighted by Gasteiger charge is 2.16. The molecular formula is C14H21BrN4O3Si. The van der Waals surface area contributed by atoms with Crippen molar-refractivity contribution < 1.29 is 14.6 Å². The van der Waals surface area contributed by atoms with Gasteiger partial charge in [0.25, 0.3) is 0 Å². The smallest absolute Gasteiger partial charge is 0.412 e. The first-order valence-electron chi connectivity index (χ1n) is 7.25. The highest BCUT2D eigenvalue weighted by Crippen LogP contribution is 2.25. The van der Waals surface area contributed by atoms with Crippen molar-refractivity contribution in [2.24, 2.45) is 0 Å². The predicted molar refractivity (Wildman–Crippen MR) is 95.8 cm³/mol. The van der Waals surface area contributed by atoms with Gasteiger partial charge in [-0.25, -0.2) is 14.5 Å². The van der Waals surface area contributed by atoms with Gasteiger partial charge in [-0.1, -0.05) is 19.6 Å². The Kier molecular flexibility index (Phi) is 5.43. The zero-order valence-electron chi connectivity index (χ0n) is 13.7. The predicted octanol–water partition coefficient (Wildman–Crippen LogP) is 3.62. The van der Waals surface area contributed by atoms with Crippen molar-refractivity contribution in [3.05, 3.63) is 16.9 Å². The monoisotopic (exact) mass is 400 g/mol. The summed E-state index contributed by atoms with van der Waals surface area (Å²) in [5.41, 5.74) is 0.781. The molecule has 23 heavy (non-hydrogen) atoms. The summed E-state index contributed by atoms with van der Waals surface area (Å²) in [5, 5.41) is 14.3. The number of rotatable bonds is 6. The molecule has 0 bridgehead atoms. The van der Waals surface area contributed by atoms with Gasteiger partial charge in [0.05, 0.1) is 10.9 Å². The summed E-state index contributed by atoms with van der Waals surface area (Å²) < 4.78 is 8.11. The molecule has 1 amide bonds. The lowest BCUT2D eigenvalue weighted by Crippen LogP contribution is -2.24. The van der Waals surface area contributed by atoms with E-state index in [9.17, 15) is 4.79 Å². The molecule has 0 unspecified atom stereocenters. The lowest BCUT2D eigenvalue weighted by molar-refractivity contribution is 0.0815. The molecular weight excluding hydrogens is 380 g/mol. The zero-order valence-corrected chi connectivity index (χ0v) is 16.3. The van der Waals surface area contributed by atoms with Gasteiger partial charge in [-0.15, -0.1) is 0 Å². The van der Waals surface area contributed by atoms with Crippen LogP contribution in [0.1, 0.15) is 0 Å². The lowest BCUT2D eigenvalue weighted by atomic mass is 10.3. The van der Waals surface area contributed by atoms with Crippen molar-refractivity contribution in [2.45, 2.75) is 32.4 Å². The van der Waals surface area contributed by atoms with Gasteiger partial charge < -0.3 is 9.84 Å². The molecule has 0 aliphatic heterocycles. The Hall–Kier alpha value is -1.45. The molecule has 1 N–H and O–H groups in total. The summed E-state index contributed by atoms with van der Waals surface area (Å²) in [6.07, 6.45) is 0.549. The molecule has 2 rings (SSSR count). The van der Waals surface area contributed by atoms with Gasteiger partial charge in [-0.05, 0) is 22.0 Å². The molecule has 0 spiro atoms. The second-order valence-electron chi connectivity index (χ2n) is 6.54. The van der Waals surface area contributed by atoms with Crippen molar-refractivity contribution in [3.63, 3.8) is 0 Å². The van der Waals surface area contributed by atoms with E-state index in [-0.39, 0.29) is 0 Å². The summed E-state index contributed by atoms with van der Waals surface area (Å²) in [6.45, 7) is 7.93. The fourth-order valence-corrected chi connectivity index (χ4v) is 3.18. The van der Waals surface area contributed by atoms with Crippen LogP contribution in [0.15, 0.2) is 16.9 Å². The quantitative estimate of drug-likeness (QED) is 0.591. The first kappa shape index (κ1) is 17.9. The molecule has 126 valence electrons. The number of aromatic nitrogens is 3. The molecule has 9 heteroatoms. The van der Waals surface area contributed by atoms with Crippen LogP contribution in [0, 0.1) is 0 Å². The van der Waals surface area contributed by atoms with Crippen molar-refractivity contribution in [1.82, 2.24) is 14.8 Å². The number of amides is 1. The molecule has 0 saturated heterocycles. The van der Waals surface area contributed by atoms with Crippen LogP contribution in [-0.2, 0) is 11.5 Å². The van der Waals surface area contributed by atoms with Crippen LogP contribution in [-0.4, -0.2) is 47.7 Å². The largest absolute Gasteiger partial charge is 0.465 e. The molecule has 0 aliphatic carbocycles. The number of fused-ring (bicyclic) bond motifs is 1. The van der Waals surface area contributed by atoms with E-state index in [1.165, 1.54) is 7.05 Å². The van der Waals surface area contributed by atoms with E-state index >= 15 is 0 Å². The maximum absolute atomic E-state index is 11.1. The SMILES string of the molecule is CN(C(=O)O)c1cc2c(cn1)c(Br)nn2COCC[Si](C)(C)C. The van der Waals surface area contributed by atoms with E-state index in [0.29, 0.717) is 23.8 Å². The van der Waals surface area contributed by atoms with Crippen molar-refractivity contribution in [1.29, 1.82) is 0 Å². The fourth-order valence-electron chi connectivity index (χ4n) is 1.93. The van der Waals surface area contributed by atoms with E-state index in [1.54, 1.807) is 16.9 Å². The van der Waals surface area contributed by atoms with E-state index < -0.39 is 14.2 Å². The number of halogens is 1.